The zero-order valence-corrected chi connectivity index (χ0v) is 12.1. The van der Waals surface area contributed by atoms with Gasteiger partial charge in [0.15, 0.2) is 30.7 Å². The Kier molecular flexibility index (Phi) is 4.93. The highest BCUT2D eigenvalue weighted by Crippen LogP contribution is 2.28. The van der Waals surface area contributed by atoms with Gasteiger partial charge >= 0.3 is 23.9 Å². The molecule has 5 atom stereocenters. The van der Waals surface area contributed by atoms with Crippen molar-refractivity contribution in [2.45, 2.75) is 51.4 Å². The van der Waals surface area contributed by atoms with Crippen LogP contribution in [0.15, 0.2) is 0 Å². The predicted octanol–water partition coefficient (Wildman–Crippen LogP) is -1.33. The second kappa shape index (κ2) is 7.88. The summed E-state index contributed by atoms with van der Waals surface area (Å²) in [4.78, 5) is 46.3. The number of methoxy groups -OCH3 is 1. The Morgan fingerprint density at radius 2 is 1.39 bits per heavy atom. The lowest BCUT2D eigenvalue weighted by Gasteiger charge is -2.41. The maximum absolute atomic E-state index is 11.9. The highest BCUT2D eigenvalue weighted by Gasteiger charge is 2.54. The number of hydrogen-bond acceptors (Lipinski definition) is 10. The van der Waals surface area contributed by atoms with Gasteiger partial charge in [-0.15, -0.1) is 0 Å². The fourth-order valence-electron chi connectivity index (χ4n) is 1.98. The average molecular weight is 337 g/mol. The largest absolute Gasteiger partial charge is 0.467 e. The molecule has 0 bridgehead atoms. The van der Waals surface area contributed by atoms with Crippen molar-refractivity contribution in [1.29, 1.82) is 0 Å². The molecule has 0 amide bonds. The van der Waals surface area contributed by atoms with Gasteiger partial charge in [-0.1, -0.05) is 0 Å². The summed E-state index contributed by atoms with van der Waals surface area (Å²) in [5, 5.41) is 10.0. The quantitative estimate of drug-likeness (QED) is 0.485. The molecule has 10 nitrogen and oxygen atoms in total. The van der Waals surface area contributed by atoms with Crippen LogP contribution in [-0.4, -0.2) is 66.8 Å². The van der Waals surface area contributed by atoms with Gasteiger partial charge in [0.1, 0.15) is 0 Å². The molecule has 0 saturated carbocycles. The van der Waals surface area contributed by atoms with Crippen LogP contribution in [0.2, 0.25) is 0 Å². The lowest BCUT2D eigenvalue weighted by atomic mass is 9.98. The highest BCUT2D eigenvalue weighted by atomic mass is 16.7. The van der Waals surface area contributed by atoms with Gasteiger partial charge in [0.05, 0.1) is 7.11 Å². The van der Waals surface area contributed by atoms with Crippen LogP contribution in [0.1, 0.15) is 24.8 Å². The Hall–Kier alpha value is -2.20. The van der Waals surface area contributed by atoms with E-state index in [9.17, 15) is 24.3 Å². The van der Waals surface area contributed by atoms with E-state index in [2.05, 4.69) is 4.74 Å². The lowest BCUT2D eigenvalue weighted by molar-refractivity contribution is -0.289. The van der Waals surface area contributed by atoms with E-state index in [4.69, 9.17) is 23.1 Å². The zero-order chi connectivity index (χ0) is 19.9. The zero-order valence-electron chi connectivity index (χ0n) is 15.1. The van der Waals surface area contributed by atoms with Crippen LogP contribution in [0.3, 0.4) is 0 Å². The van der Waals surface area contributed by atoms with Crippen LogP contribution in [0, 0.1) is 0 Å². The molecule has 1 aliphatic heterocycles. The van der Waals surface area contributed by atoms with E-state index in [1.807, 2.05) is 0 Å². The molecule has 1 fully saturated rings. The minimum absolute atomic E-state index is 0.833. The molecule has 0 aromatic carbocycles. The molecule has 1 saturated heterocycles. The molecule has 23 heavy (non-hydrogen) atoms. The molecule has 0 aromatic rings. The lowest BCUT2D eigenvalue weighted by Crippen LogP contribution is -2.63. The molecule has 0 radical (unpaired) electrons. The van der Waals surface area contributed by atoms with Gasteiger partial charge in [-0.2, -0.15) is 0 Å². The number of esters is 4. The summed E-state index contributed by atoms with van der Waals surface area (Å²) in [6, 6.07) is 0. The summed E-state index contributed by atoms with van der Waals surface area (Å²) in [6.45, 7) is -2.53. The maximum atomic E-state index is 11.9. The molecule has 1 heterocycles. The van der Waals surface area contributed by atoms with E-state index in [1.54, 1.807) is 0 Å². The highest BCUT2D eigenvalue weighted by molar-refractivity contribution is 5.77. The van der Waals surface area contributed by atoms with Crippen LogP contribution in [0.5, 0.6) is 0 Å². The number of aliphatic hydroxyl groups excluding tert-OH is 1. The van der Waals surface area contributed by atoms with E-state index in [1.165, 1.54) is 0 Å². The minimum atomic E-state index is -1.98. The Morgan fingerprint density at radius 1 is 0.913 bits per heavy atom. The fourth-order valence-corrected chi connectivity index (χ4v) is 1.98. The number of carbonyl (C=O) groups excluding carboxylic acids is 4. The van der Waals surface area contributed by atoms with E-state index >= 15 is 0 Å². The van der Waals surface area contributed by atoms with Crippen LogP contribution in [0.4, 0.5) is 0 Å². The number of ether oxygens (including phenoxy) is 5. The molecular weight excluding hydrogens is 316 g/mol. The summed E-state index contributed by atoms with van der Waals surface area (Å²) in [5.74, 6) is -4.47. The SMILES string of the molecule is [2H]CC(=O)O[C@H]1[C@H](OC(=O)C[2H])[C@@H](OC(=O)C[2H])C(O)O[C@@H]1C(=O)OC. The van der Waals surface area contributed by atoms with Crippen LogP contribution >= 0.6 is 0 Å². The fraction of sp³-hybridized carbons (Fsp3) is 0.692. The molecule has 1 aliphatic rings. The van der Waals surface area contributed by atoms with E-state index < -0.39 is 75.3 Å². The van der Waals surface area contributed by atoms with E-state index in [0.717, 1.165) is 7.11 Å². The number of hydrogen-bond donors (Lipinski definition) is 1. The Labute approximate surface area is 135 Å². The Morgan fingerprint density at radius 3 is 1.87 bits per heavy atom. The Balaban J connectivity index is 3.26. The first kappa shape index (κ1) is 14.4. The van der Waals surface area contributed by atoms with Crippen LogP contribution in [0.25, 0.3) is 0 Å². The van der Waals surface area contributed by atoms with Crippen molar-refractivity contribution in [3.63, 3.8) is 0 Å². The summed E-state index contributed by atoms with van der Waals surface area (Å²) in [7, 11) is 0.985. The number of aliphatic hydroxyl groups is 1. The van der Waals surface area contributed by atoms with Crippen LogP contribution < -0.4 is 0 Å². The van der Waals surface area contributed by atoms with Gasteiger partial charge in [0, 0.05) is 24.8 Å². The summed E-state index contributed by atoms with van der Waals surface area (Å²) >= 11 is 0. The maximum Gasteiger partial charge on any atom is 0.339 e. The number of rotatable bonds is 4. The molecule has 1 unspecified atom stereocenters. The Bertz CT molecular complexity index is 542. The van der Waals surface area contributed by atoms with Gasteiger partial charge in [-0.3, -0.25) is 14.4 Å². The molecule has 0 aliphatic carbocycles. The van der Waals surface area contributed by atoms with Gasteiger partial charge in [-0.05, 0) is 0 Å². The van der Waals surface area contributed by atoms with Crippen molar-refractivity contribution in [1.82, 2.24) is 0 Å². The van der Waals surface area contributed by atoms with Gasteiger partial charge in [0.25, 0.3) is 0 Å². The van der Waals surface area contributed by atoms with Crippen molar-refractivity contribution >= 4 is 23.9 Å². The first-order chi connectivity index (χ1) is 12.3. The second-order valence-corrected chi connectivity index (χ2v) is 4.33. The monoisotopic (exact) mass is 337 g/mol. The summed E-state index contributed by atoms with van der Waals surface area (Å²) in [5.41, 5.74) is 0. The van der Waals surface area contributed by atoms with Gasteiger partial charge in [0.2, 0.25) is 0 Å². The molecular formula is C13H18O10. The van der Waals surface area contributed by atoms with Crippen molar-refractivity contribution in [2.24, 2.45) is 0 Å². The molecule has 10 heteroatoms. The van der Waals surface area contributed by atoms with Crippen molar-refractivity contribution < 1.29 is 52.1 Å². The third-order valence-electron chi connectivity index (χ3n) is 2.75. The first-order valence-corrected chi connectivity index (χ1v) is 6.16. The summed E-state index contributed by atoms with van der Waals surface area (Å²) in [6.07, 6.45) is -8.92. The normalized spacial score (nSPS) is 31.7. The first-order valence-electron chi connectivity index (χ1n) is 8.28. The molecule has 1 N–H and O–H groups in total. The third kappa shape index (κ3) is 4.89. The van der Waals surface area contributed by atoms with Crippen molar-refractivity contribution in [2.75, 3.05) is 7.11 Å². The van der Waals surface area contributed by atoms with Gasteiger partial charge < -0.3 is 28.8 Å². The standard InChI is InChI=1S/C13H18O10/c1-5(14)20-8-9(21-6(2)15)11(22-7(3)16)13(18)23-10(8)12(17)19-4/h8-11,13,18H,1-4H3/t8-,9-,10-,11+,13?/m0/s1/i1D,2D,3D. The molecule has 0 aromatic heterocycles. The van der Waals surface area contributed by atoms with Gasteiger partial charge in [-0.25, -0.2) is 4.79 Å². The number of carbonyl (C=O) groups is 4. The predicted molar refractivity (Wildman–Crippen MR) is 69.6 cm³/mol. The van der Waals surface area contributed by atoms with Crippen molar-refractivity contribution in [3.05, 3.63) is 0 Å². The summed E-state index contributed by atoms with van der Waals surface area (Å²) < 4.78 is 45.0. The molecule has 1 rings (SSSR count). The minimum Gasteiger partial charge on any atom is -0.467 e. The van der Waals surface area contributed by atoms with E-state index in [-0.39, 0.29) is 0 Å². The van der Waals surface area contributed by atoms with Crippen molar-refractivity contribution in [3.8, 4) is 0 Å². The second-order valence-electron chi connectivity index (χ2n) is 4.33. The smallest absolute Gasteiger partial charge is 0.339 e. The molecule has 0 spiro atoms. The average Bonchev–Trinajstić information content (AvgIpc) is 2.64. The van der Waals surface area contributed by atoms with Crippen LogP contribution in [-0.2, 0) is 42.9 Å². The molecule has 130 valence electrons. The third-order valence-corrected chi connectivity index (χ3v) is 2.75. The van der Waals surface area contributed by atoms with E-state index in [0.29, 0.717) is 0 Å². The topological polar surface area (TPSA) is 135 Å².